The third kappa shape index (κ3) is 8.03. The SMILES string of the molecule is CC[C@H](CN1CC[C@@H](CNC(=O)c2ccc(Cl)cc2)N[C@@H](CCN2CCCCC2)C1=O)c1ccccc1. The number of nitrogens with one attached hydrogen (secondary N) is 2. The van der Waals surface area contributed by atoms with Gasteiger partial charge in [-0.3, -0.25) is 9.59 Å². The second-order valence-electron chi connectivity index (χ2n) is 10.4. The summed E-state index contributed by atoms with van der Waals surface area (Å²) in [5.41, 5.74) is 1.87. The summed E-state index contributed by atoms with van der Waals surface area (Å²) in [4.78, 5) is 31.0. The summed E-state index contributed by atoms with van der Waals surface area (Å²) < 4.78 is 0. The first-order valence-corrected chi connectivity index (χ1v) is 14.3. The van der Waals surface area contributed by atoms with Crippen LogP contribution in [-0.4, -0.2) is 73.0 Å². The quantitative estimate of drug-likeness (QED) is 0.473. The molecule has 6 nitrogen and oxygen atoms in total. The Bertz CT molecular complexity index is 994. The Morgan fingerprint density at radius 2 is 1.78 bits per heavy atom. The maximum atomic E-state index is 13.8. The van der Waals surface area contributed by atoms with E-state index in [0.29, 0.717) is 29.6 Å². The normalized spacial score (nSPS) is 21.9. The number of likely N-dealkylation sites (tertiary alicyclic amines) is 1. The van der Waals surface area contributed by atoms with E-state index in [1.54, 1.807) is 24.3 Å². The van der Waals surface area contributed by atoms with Crippen molar-refractivity contribution in [3.8, 4) is 0 Å². The van der Waals surface area contributed by atoms with Crippen LogP contribution in [0.3, 0.4) is 0 Å². The van der Waals surface area contributed by atoms with Gasteiger partial charge in [-0.05, 0) is 75.0 Å². The van der Waals surface area contributed by atoms with Crippen molar-refractivity contribution in [3.05, 3.63) is 70.7 Å². The van der Waals surface area contributed by atoms with Gasteiger partial charge in [-0.1, -0.05) is 55.3 Å². The van der Waals surface area contributed by atoms with Crippen LogP contribution in [0, 0.1) is 0 Å². The standard InChI is InChI=1S/C30H41ClN4O2/c1-2-23(24-9-5-3-6-10-24)22-35-20-15-27(21-32-29(36)25-11-13-26(31)14-12-25)33-28(30(35)37)16-19-34-17-7-4-8-18-34/h3,5-6,9-14,23,27-28,33H,2,4,7-8,15-22H2,1H3,(H,32,36)/t23-,27+,28+/m1/s1. The third-order valence-electron chi connectivity index (χ3n) is 7.80. The number of carbonyl (C=O) groups excluding carboxylic acids is 2. The number of carbonyl (C=O) groups is 2. The Morgan fingerprint density at radius 3 is 2.49 bits per heavy atom. The summed E-state index contributed by atoms with van der Waals surface area (Å²) in [6.45, 7) is 7.27. The van der Waals surface area contributed by atoms with Crippen molar-refractivity contribution < 1.29 is 9.59 Å². The first-order valence-electron chi connectivity index (χ1n) is 13.9. The molecule has 0 aliphatic carbocycles. The lowest BCUT2D eigenvalue weighted by Gasteiger charge is -2.31. The topological polar surface area (TPSA) is 64.7 Å². The molecule has 0 radical (unpaired) electrons. The number of benzene rings is 2. The second-order valence-corrected chi connectivity index (χ2v) is 10.8. The third-order valence-corrected chi connectivity index (χ3v) is 8.05. The van der Waals surface area contributed by atoms with Gasteiger partial charge in [0.2, 0.25) is 5.91 Å². The van der Waals surface area contributed by atoms with E-state index in [-0.39, 0.29) is 23.9 Å². The minimum atomic E-state index is -0.241. The number of nitrogens with zero attached hydrogens (tertiary/aromatic N) is 2. The second kappa shape index (κ2) is 13.9. The smallest absolute Gasteiger partial charge is 0.251 e. The zero-order chi connectivity index (χ0) is 26.0. The van der Waals surface area contributed by atoms with E-state index in [4.69, 9.17) is 11.6 Å². The van der Waals surface area contributed by atoms with Crippen LogP contribution in [0.25, 0.3) is 0 Å². The van der Waals surface area contributed by atoms with Gasteiger partial charge < -0.3 is 20.4 Å². The minimum Gasteiger partial charge on any atom is -0.350 e. The number of halogens is 1. The summed E-state index contributed by atoms with van der Waals surface area (Å²) in [6.07, 6.45) is 6.37. The largest absolute Gasteiger partial charge is 0.350 e. The van der Waals surface area contributed by atoms with Gasteiger partial charge >= 0.3 is 0 Å². The van der Waals surface area contributed by atoms with Crippen molar-refractivity contribution >= 4 is 23.4 Å². The van der Waals surface area contributed by atoms with Gasteiger partial charge in [0, 0.05) is 48.7 Å². The lowest BCUT2D eigenvalue weighted by molar-refractivity contribution is -0.133. The Labute approximate surface area is 226 Å². The number of amides is 2. The van der Waals surface area contributed by atoms with Gasteiger partial charge in [-0.15, -0.1) is 0 Å². The van der Waals surface area contributed by atoms with Crippen molar-refractivity contribution in [3.63, 3.8) is 0 Å². The molecule has 2 fully saturated rings. The molecule has 200 valence electrons. The fraction of sp³-hybridized carbons (Fsp3) is 0.533. The average Bonchev–Trinajstić information content (AvgIpc) is 3.08. The molecule has 0 unspecified atom stereocenters. The minimum absolute atomic E-state index is 0.0355. The number of hydrogen-bond donors (Lipinski definition) is 2. The first-order chi connectivity index (χ1) is 18.0. The zero-order valence-corrected chi connectivity index (χ0v) is 22.8. The molecule has 0 saturated carbocycles. The van der Waals surface area contributed by atoms with Crippen LogP contribution in [0.2, 0.25) is 5.02 Å². The van der Waals surface area contributed by atoms with Crippen LogP contribution in [0.1, 0.15) is 67.3 Å². The van der Waals surface area contributed by atoms with Crippen LogP contribution in [0.5, 0.6) is 0 Å². The molecule has 2 heterocycles. The molecule has 2 aromatic carbocycles. The predicted molar refractivity (Wildman–Crippen MR) is 150 cm³/mol. The lowest BCUT2D eigenvalue weighted by atomic mass is 9.95. The Morgan fingerprint density at radius 1 is 1.05 bits per heavy atom. The summed E-state index contributed by atoms with van der Waals surface area (Å²) in [5.74, 6) is 0.387. The summed E-state index contributed by atoms with van der Waals surface area (Å²) in [7, 11) is 0. The van der Waals surface area contributed by atoms with E-state index in [1.807, 2.05) is 6.07 Å². The molecule has 0 spiro atoms. The maximum absolute atomic E-state index is 13.8. The summed E-state index contributed by atoms with van der Waals surface area (Å²) >= 11 is 5.97. The van der Waals surface area contributed by atoms with E-state index in [1.165, 1.54) is 24.8 Å². The Kier molecular flexibility index (Phi) is 10.4. The molecule has 2 amide bonds. The molecule has 4 rings (SSSR count). The Hall–Kier alpha value is -2.41. The van der Waals surface area contributed by atoms with E-state index < -0.39 is 0 Å². The van der Waals surface area contributed by atoms with E-state index in [0.717, 1.165) is 45.4 Å². The molecule has 2 aromatic rings. The molecule has 7 heteroatoms. The van der Waals surface area contributed by atoms with Crippen LogP contribution in [-0.2, 0) is 4.79 Å². The summed E-state index contributed by atoms with van der Waals surface area (Å²) in [5, 5.41) is 7.30. The van der Waals surface area contributed by atoms with Crippen molar-refractivity contribution in [1.29, 1.82) is 0 Å². The highest BCUT2D eigenvalue weighted by Gasteiger charge is 2.32. The van der Waals surface area contributed by atoms with E-state index >= 15 is 0 Å². The van der Waals surface area contributed by atoms with Gasteiger partial charge in [0.25, 0.3) is 5.91 Å². The highest BCUT2D eigenvalue weighted by Crippen LogP contribution is 2.23. The van der Waals surface area contributed by atoms with Crippen LogP contribution >= 0.6 is 11.6 Å². The fourth-order valence-corrected chi connectivity index (χ4v) is 5.63. The number of hydrogen-bond acceptors (Lipinski definition) is 4. The highest BCUT2D eigenvalue weighted by molar-refractivity contribution is 6.30. The van der Waals surface area contributed by atoms with E-state index in [9.17, 15) is 9.59 Å². The molecular formula is C30H41ClN4O2. The van der Waals surface area contributed by atoms with Crippen molar-refractivity contribution in [2.24, 2.45) is 0 Å². The van der Waals surface area contributed by atoms with Crippen LogP contribution in [0.15, 0.2) is 54.6 Å². The van der Waals surface area contributed by atoms with Gasteiger partial charge in [-0.25, -0.2) is 0 Å². The molecular weight excluding hydrogens is 484 g/mol. The Balaban J connectivity index is 1.42. The lowest BCUT2D eigenvalue weighted by Crippen LogP contribution is -2.50. The average molecular weight is 525 g/mol. The van der Waals surface area contributed by atoms with Gasteiger partial charge in [-0.2, -0.15) is 0 Å². The zero-order valence-electron chi connectivity index (χ0n) is 22.0. The maximum Gasteiger partial charge on any atom is 0.251 e. The molecule has 2 aliphatic heterocycles. The van der Waals surface area contributed by atoms with Crippen molar-refractivity contribution in [2.45, 2.75) is 63.5 Å². The van der Waals surface area contributed by atoms with Crippen molar-refractivity contribution in [2.75, 3.05) is 39.3 Å². The highest BCUT2D eigenvalue weighted by atomic mass is 35.5. The molecule has 2 saturated heterocycles. The van der Waals surface area contributed by atoms with Crippen LogP contribution < -0.4 is 10.6 Å². The molecule has 3 atom stereocenters. The molecule has 0 aromatic heterocycles. The monoisotopic (exact) mass is 524 g/mol. The van der Waals surface area contributed by atoms with Gasteiger partial charge in [0.05, 0.1) is 6.04 Å². The van der Waals surface area contributed by atoms with Gasteiger partial charge in [0.15, 0.2) is 0 Å². The van der Waals surface area contributed by atoms with Gasteiger partial charge in [0.1, 0.15) is 0 Å². The van der Waals surface area contributed by atoms with Crippen LogP contribution in [0.4, 0.5) is 0 Å². The predicted octanol–water partition coefficient (Wildman–Crippen LogP) is 4.70. The van der Waals surface area contributed by atoms with Crippen molar-refractivity contribution in [1.82, 2.24) is 20.4 Å². The molecule has 2 aliphatic rings. The first kappa shape index (κ1) is 27.6. The fourth-order valence-electron chi connectivity index (χ4n) is 5.51. The number of piperidine rings is 1. The summed E-state index contributed by atoms with van der Waals surface area (Å²) in [6, 6.07) is 17.2. The molecule has 0 bridgehead atoms. The molecule has 37 heavy (non-hydrogen) atoms. The van der Waals surface area contributed by atoms with E-state index in [2.05, 4.69) is 51.6 Å². The number of rotatable bonds is 10. The molecule has 2 N–H and O–H groups in total.